The lowest BCUT2D eigenvalue weighted by Gasteiger charge is -2.46. The summed E-state index contributed by atoms with van der Waals surface area (Å²) in [4.78, 5) is 0. The van der Waals surface area contributed by atoms with Gasteiger partial charge in [0, 0.05) is 0 Å². The lowest BCUT2D eigenvalue weighted by molar-refractivity contribution is 0.0493. The van der Waals surface area contributed by atoms with Gasteiger partial charge in [0.05, 0.1) is 0 Å². The van der Waals surface area contributed by atoms with Crippen LogP contribution >= 0.6 is 0 Å². The Bertz CT molecular complexity index is 120. The Morgan fingerprint density at radius 2 is 0.938 bits per heavy atom. The van der Waals surface area contributed by atoms with Crippen LogP contribution in [0.25, 0.3) is 0 Å². The van der Waals surface area contributed by atoms with E-state index in [2.05, 4.69) is 27.7 Å². The molecule has 0 saturated heterocycles. The summed E-state index contributed by atoms with van der Waals surface area (Å²) >= 11 is 0. The Morgan fingerprint density at radius 3 is 1.06 bits per heavy atom. The van der Waals surface area contributed by atoms with Gasteiger partial charge in [-0.2, -0.15) is 0 Å². The molecule has 0 amide bonds. The molecule has 0 aromatic rings. The van der Waals surface area contributed by atoms with E-state index in [1.165, 1.54) is 38.5 Å². The Labute approximate surface area is 104 Å². The fraction of sp³-hybridized carbons (Fsp3) is 1.00. The fourth-order valence-electron chi connectivity index (χ4n) is 2.70. The maximum atomic E-state index is 2.39. The molecule has 0 aromatic carbocycles. The molecule has 16 heavy (non-hydrogen) atoms. The van der Waals surface area contributed by atoms with Gasteiger partial charge in [-0.05, 0) is 49.4 Å². The van der Waals surface area contributed by atoms with Crippen LogP contribution in [0, 0.1) is 23.7 Å². The van der Waals surface area contributed by atoms with Gasteiger partial charge in [0.15, 0.2) is 0 Å². The zero-order valence-corrected chi connectivity index (χ0v) is 12.6. The summed E-state index contributed by atoms with van der Waals surface area (Å²) in [6, 6.07) is 0. The molecule has 0 unspecified atom stereocenters. The molecular formula is C16H34. The maximum absolute atomic E-state index is 2.39. The molecular weight excluding hydrogens is 192 g/mol. The van der Waals surface area contributed by atoms with E-state index < -0.39 is 0 Å². The van der Waals surface area contributed by atoms with Crippen LogP contribution in [0.2, 0.25) is 0 Å². The first-order valence-electron chi connectivity index (χ1n) is 7.67. The van der Waals surface area contributed by atoms with Gasteiger partial charge in [-0.1, -0.05) is 54.4 Å². The highest BCUT2D eigenvalue weighted by molar-refractivity contribution is 4.88. The predicted molar refractivity (Wildman–Crippen MR) is 75.7 cm³/mol. The second kappa shape index (κ2) is 9.07. The lowest BCUT2D eigenvalue weighted by atomic mass is 9.60. The summed E-state index contributed by atoms with van der Waals surface area (Å²) < 4.78 is 0. The molecule has 2 aliphatic carbocycles. The number of unbranched alkanes of at least 4 members (excludes halogenated alkanes) is 1. The monoisotopic (exact) mass is 226 g/mol. The van der Waals surface area contributed by atoms with Crippen molar-refractivity contribution in [3.63, 3.8) is 0 Å². The smallest absolute Gasteiger partial charge is 0.0381 e. The topological polar surface area (TPSA) is 0 Å². The van der Waals surface area contributed by atoms with Gasteiger partial charge in [0.2, 0.25) is 0 Å². The fourth-order valence-corrected chi connectivity index (χ4v) is 2.70. The third kappa shape index (κ3) is 5.37. The van der Waals surface area contributed by atoms with Gasteiger partial charge < -0.3 is 0 Å². The Kier molecular flexibility index (Phi) is 9.07. The van der Waals surface area contributed by atoms with E-state index in [9.17, 15) is 0 Å². The van der Waals surface area contributed by atoms with Crippen LogP contribution in [0.1, 0.15) is 80.1 Å². The van der Waals surface area contributed by atoms with Crippen LogP contribution in [-0.2, 0) is 0 Å². The van der Waals surface area contributed by atoms with Crippen LogP contribution in [0.15, 0.2) is 0 Å². The highest BCUT2D eigenvalue weighted by atomic mass is 14.4. The van der Waals surface area contributed by atoms with E-state index in [4.69, 9.17) is 0 Å². The van der Waals surface area contributed by atoms with Gasteiger partial charge in [-0.3, -0.25) is 0 Å². The van der Waals surface area contributed by atoms with Gasteiger partial charge in [0.25, 0.3) is 0 Å². The summed E-state index contributed by atoms with van der Waals surface area (Å²) in [5.74, 6) is 4.40. The molecule has 0 heterocycles. The molecule has 0 radical (unpaired) electrons. The molecule has 0 nitrogen and oxygen atoms in total. The van der Waals surface area contributed by atoms with Crippen molar-refractivity contribution in [3.05, 3.63) is 0 Å². The van der Waals surface area contributed by atoms with E-state index in [0.717, 1.165) is 23.7 Å². The maximum Gasteiger partial charge on any atom is -0.0381 e. The molecule has 98 valence electrons. The van der Waals surface area contributed by atoms with Crippen molar-refractivity contribution in [3.8, 4) is 0 Å². The van der Waals surface area contributed by atoms with Crippen molar-refractivity contribution in [2.75, 3.05) is 0 Å². The minimum atomic E-state index is 1.06. The first kappa shape index (κ1) is 16.0. The zero-order valence-electron chi connectivity index (χ0n) is 12.6. The SMILES string of the molecule is CC.CC1CC(C2CC(C)C2)C1.CCCC. The molecule has 0 bridgehead atoms. The first-order chi connectivity index (χ1) is 7.67. The van der Waals surface area contributed by atoms with Crippen LogP contribution in [-0.4, -0.2) is 0 Å². The van der Waals surface area contributed by atoms with Gasteiger partial charge >= 0.3 is 0 Å². The predicted octanol–water partition coefficient (Wildman–Crippen LogP) is 5.91. The molecule has 0 N–H and O–H groups in total. The standard InChI is InChI=1S/C10H18.C4H10.C2H6/c1-7-3-9(4-7)10-5-8(2)6-10;1-3-4-2;1-2/h7-10H,3-6H2,1-2H3;3-4H2,1-2H3;1-2H3. The second-order valence-electron chi connectivity index (χ2n) is 5.67. The molecule has 0 aromatic heterocycles. The van der Waals surface area contributed by atoms with Crippen LogP contribution in [0.4, 0.5) is 0 Å². The zero-order chi connectivity index (χ0) is 12.6. The van der Waals surface area contributed by atoms with Crippen molar-refractivity contribution in [2.24, 2.45) is 23.7 Å². The van der Waals surface area contributed by atoms with Crippen molar-refractivity contribution in [1.29, 1.82) is 0 Å². The number of hydrogen-bond acceptors (Lipinski definition) is 0. The number of hydrogen-bond donors (Lipinski definition) is 0. The largest absolute Gasteiger partial charge is 0.0683 e. The Morgan fingerprint density at radius 1 is 0.688 bits per heavy atom. The minimum absolute atomic E-state index is 1.06. The van der Waals surface area contributed by atoms with Crippen LogP contribution in [0.5, 0.6) is 0 Å². The summed E-state index contributed by atoms with van der Waals surface area (Å²) in [6.07, 6.45) is 8.80. The highest BCUT2D eigenvalue weighted by Crippen LogP contribution is 2.48. The molecule has 2 aliphatic rings. The van der Waals surface area contributed by atoms with Crippen LogP contribution in [0.3, 0.4) is 0 Å². The number of rotatable bonds is 2. The first-order valence-corrected chi connectivity index (χ1v) is 7.67. The normalized spacial score (nSPS) is 35.6. The molecule has 0 atom stereocenters. The van der Waals surface area contributed by atoms with Crippen LogP contribution < -0.4 is 0 Å². The molecule has 2 saturated carbocycles. The minimum Gasteiger partial charge on any atom is -0.0683 e. The third-order valence-electron chi connectivity index (χ3n) is 3.99. The van der Waals surface area contributed by atoms with E-state index in [1.54, 1.807) is 0 Å². The lowest BCUT2D eigenvalue weighted by Crippen LogP contribution is -2.35. The average Bonchev–Trinajstić information content (AvgIpc) is 2.24. The molecule has 2 fully saturated rings. The van der Waals surface area contributed by atoms with E-state index in [1.807, 2.05) is 13.8 Å². The van der Waals surface area contributed by atoms with Crippen molar-refractivity contribution < 1.29 is 0 Å². The van der Waals surface area contributed by atoms with E-state index in [-0.39, 0.29) is 0 Å². The second-order valence-corrected chi connectivity index (χ2v) is 5.67. The van der Waals surface area contributed by atoms with Gasteiger partial charge in [-0.25, -0.2) is 0 Å². The quantitative estimate of drug-likeness (QED) is 0.549. The van der Waals surface area contributed by atoms with E-state index in [0.29, 0.717) is 0 Å². The molecule has 0 spiro atoms. The Hall–Kier alpha value is 0. The third-order valence-corrected chi connectivity index (χ3v) is 3.99. The van der Waals surface area contributed by atoms with Gasteiger partial charge in [-0.15, -0.1) is 0 Å². The molecule has 0 heteroatoms. The van der Waals surface area contributed by atoms with Gasteiger partial charge in [0.1, 0.15) is 0 Å². The van der Waals surface area contributed by atoms with Crippen molar-refractivity contribution in [2.45, 2.75) is 80.1 Å². The average molecular weight is 226 g/mol. The summed E-state index contributed by atoms with van der Waals surface area (Å²) in [5, 5.41) is 0. The molecule has 2 rings (SSSR count). The Balaban J connectivity index is 0.000000323. The van der Waals surface area contributed by atoms with E-state index >= 15 is 0 Å². The molecule has 0 aliphatic heterocycles. The highest BCUT2D eigenvalue weighted by Gasteiger charge is 2.38. The summed E-state index contributed by atoms with van der Waals surface area (Å²) in [5.41, 5.74) is 0. The summed E-state index contributed by atoms with van der Waals surface area (Å²) in [6.45, 7) is 13.1. The van der Waals surface area contributed by atoms with Crippen molar-refractivity contribution >= 4 is 0 Å². The van der Waals surface area contributed by atoms with Crippen molar-refractivity contribution in [1.82, 2.24) is 0 Å². The summed E-state index contributed by atoms with van der Waals surface area (Å²) in [7, 11) is 0.